The molecule has 1 aliphatic heterocycles. The maximum Gasteiger partial charge on any atom is 0.410 e. The molecule has 1 N–H and O–H groups in total. The summed E-state index contributed by atoms with van der Waals surface area (Å²) in [6.45, 7) is 10.7. The molecule has 1 saturated carbocycles. The van der Waals surface area contributed by atoms with E-state index in [1.54, 1.807) is 12.0 Å². The SMILES string of the molecule is CCN1C[C@@H](CCC(OCOC(C)OC)C2CCCCC2NC(=O)OC(C)(C)C)OC1=O. The van der Waals surface area contributed by atoms with Gasteiger partial charge in [0.05, 0.1) is 12.6 Å². The number of alkyl carbamates (subject to hydrolysis) is 1. The van der Waals surface area contributed by atoms with Crippen LogP contribution in [0.5, 0.6) is 0 Å². The van der Waals surface area contributed by atoms with E-state index in [4.69, 9.17) is 23.7 Å². The lowest BCUT2D eigenvalue weighted by Crippen LogP contribution is -2.48. The van der Waals surface area contributed by atoms with E-state index < -0.39 is 11.7 Å². The van der Waals surface area contributed by atoms with Crippen LogP contribution >= 0.6 is 0 Å². The Kier molecular flexibility index (Phi) is 10.5. The van der Waals surface area contributed by atoms with Gasteiger partial charge in [-0.15, -0.1) is 0 Å². The Labute approximate surface area is 192 Å². The fraction of sp³-hybridized carbons (Fsp3) is 0.913. The fourth-order valence-electron chi connectivity index (χ4n) is 4.29. The summed E-state index contributed by atoms with van der Waals surface area (Å²) in [6, 6.07) is -0.0401. The zero-order valence-electron chi connectivity index (χ0n) is 20.6. The fourth-order valence-corrected chi connectivity index (χ4v) is 4.29. The van der Waals surface area contributed by atoms with Crippen molar-refractivity contribution in [2.45, 2.75) is 103 Å². The van der Waals surface area contributed by atoms with Crippen molar-refractivity contribution < 1.29 is 33.3 Å². The van der Waals surface area contributed by atoms with Gasteiger partial charge in [-0.1, -0.05) is 12.8 Å². The molecule has 4 unspecified atom stereocenters. The summed E-state index contributed by atoms with van der Waals surface area (Å²) in [6.07, 6.45) is 4.03. The number of hydrogen-bond donors (Lipinski definition) is 1. The molecular formula is C23H42N2O7. The molecule has 1 aliphatic carbocycles. The van der Waals surface area contributed by atoms with Crippen LogP contribution in [0.1, 0.15) is 73.1 Å². The molecule has 0 aromatic heterocycles. The second-order valence-corrected chi connectivity index (χ2v) is 9.62. The van der Waals surface area contributed by atoms with Crippen molar-refractivity contribution in [3.05, 3.63) is 0 Å². The van der Waals surface area contributed by atoms with Crippen LogP contribution in [0, 0.1) is 5.92 Å². The first-order valence-electron chi connectivity index (χ1n) is 11.8. The number of likely N-dealkylation sites (N-methyl/N-ethyl adjacent to an activating group) is 1. The normalized spacial score (nSPS) is 25.9. The monoisotopic (exact) mass is 458 g/mol. The standard InChI is InChI=1S/C23H42N2O7/c1-7-25-14-17(31-22(25)27)12-13-20(30-15-29-16(2)28-6)18-10-8-9-11-19(18)24-21(26)32-23(3,4)5/h16-20H,7-15H2,1-6H3,(H,24,26)/t16?,17-,18?,19?,20?/m1/s1. The highest BCUT2D eigenvalue weighted by atomic mass is 16.7. The van der Waals surface area contributed by atoms with Crippen LogP contribution in [0.3, 0.4) is 0 Å². The van der Waals surface area contributed by atoms with E-state index in [0.29, 0.717) is 25.9 Å². The van der Waals surface area contributed by atoms with Gasteiger partial charge in [-0.2, -0.15) is 0 Å². The van der Waals surface area contributed by atoms with Gasteiger partial charge in [0, 0.05) is 25.6 Å². The quantitative estimate of drug-likeness (QED) is 0.467. The Hall–Kier alpha value is -1.58. The first kappa shape index (κ1) is 26.7. The predicted octanol–water partition coefficient (Wildman–Crippen LogP) is 4.04. The van der Waals surface area contributed by atoms with Gasteiger partial charge in [-0.05, 0) is 60.3 Å². The highest BCUT2D eigenvalue weighted by Gasteiger charge is 2.36. The first-order chi connectivity index (χ1) is 15.1. The Balaban J connectivity index is 2.01. The molecule has 2 aliphatic rings. The molecule has 0 aromatic rings. The summed E-state index contributed by atoms with van der Waals surface area (Å²) in [5.74, 6) is 0.122. The average molecular weight is 459 g/mol. The number of carbonyl (C=O) groups excluding carboxylic acids is 2. The Morgan fingerprint density at radius 2 is 1.97 bits per heavy atom. The molecule has 2 fully saturated rings. The van der Waals surface area contributed by atoms with E-state index in [1.165, 1.54) is 0 Å². The van der Waals surface area contributed by atoms with Gasteiger partial charge in [-0.3, -0.25) is 0 Å². The lowest BCUT2D eigenvalue weighted by molar-refractivity contribution is -0.197. The summed E-state index contributed by atoms with van der Waals surface area (Å²) in [5, 5.41) is 3.07. The number of rotatable bonds is 11. The zero-order valence-corrected chi connectivity index (χ0v) is 20.6. The number of carbonyl (C=O) groups is 2. The zero-order chi connectivity index (χ0) is 23.7. The van der Waals surface area contributed by atoms with Gasteiger partial charge < -0.3 is 33.9 Å². The highest BCUT2D eigenvalue weighted by Crippen LogP contribution is 2.32. The van der Waals surface area contributed by atoms with Crippen molar-refractivity contribution in [2.75, 3.05) is 27.0 Å². The number of amides is 2. The van der Waals surface area contributed by atoms with Crippen molar-refractivity contribution in [1.82, 2.24) is 10.2 Å². The van der Waals surface area contributed by atoms with E-state index in [0.717, 1.165) is 25.7 Å². The smallest absolute Gasteiger partial charge is 0.410 e. The molecule has 32 heavy (non-hydrogen) atoms. The molecule has 2 amide bonds. The van der Waals surface area contributed by atoms with Crippen LogP contribution in [0.4, 0.5) is 9.59 Å². The van der Waals surface area contributed by atoms with E-state index >= 15 is 0 Å². The molecule has 0 radical (unpaired) electrons. The van der Waals surface area contributed by atoms with E-state index in [1.807, 2.05) is 34.6 Å². The number of methoxy groups -OCH3 is 1. The van der Waals surface area contributed by atoms with Crippen LogP contribution in [0.15, 0.2) is 0 Å². The summed E-state index contributed by atoms with van der Waals surface area (Å²) in [4.78, 5) is 26.0. The summed E-state index contributed by atoms with van der Waals surface area (Å²) < 4.78 is 27.8. The van der Waals surface area contributed by atoms with Gasteiger partial charge in [-0.25, -0.2) is 9.59 Å². The highest BCUT2D eigenvalue weighted by molar-refractivity contribution is 5.69. The lowest BCUT2D eigenvalue weighted by atomic mass is 9.79. The van der Waals surface area contributed by atoms with E-state index in [9.17, 15) is 9.59 Å². The van der Waals surface area contributed by atoms with Gasteiger partial charge >= 0.3 is 12.2 Å². The molecule has 2 rings (SSSR count). The number of cyclic esters (lactones) is 1. The average Bonchev–Trinajstić information content (AvgIpc) is 3.09. The Morgan fingerprint density at radius 1 is 1.25 bits per heavy atom. The second-order valence-electron chi connectivity index (χ2n) is 9.62. The van der Waals surface area contributed by atoms with Crippen molar-refractivity contribution in [1.29, 1.82) is 0 Å². The van der Waals surface area contributed by atoms with Crippen molar-refractivity contribution in [2.24, 2.45) is 5.92 Å². The van der Waals surface area contributed by atoms with Gasteiger partial charge in [0.1, 0.15) is 18.5 Å². The molecule has 0 aromatic carbocycles. The minimum absolute atomic E-state index is 0.0401. The summed E-state index contributed by atoms with van der Waals surface area (Å²) in [7, 11) is 1.58. The number of hydrogen-bond acceptors (Lipinski definition) is 7. The van der Waals surface area contributed by atoms with Gasteiger partial charge in [0.15, 0.2) is 6.29 Å². The van der Waals surface area contributed by atoms with Crippen LogP contribution < -0.4 is 5.32 Å². The molecule has 0 bridgehead atoms. The minimum Gasteiger partial charge on any atom is -0.444 e. The third-order valence-corrected chi connectivity index (χ3v) is 6.02. The van der Waals surface area contributed by atoms with Crippen molar-refractivity contribution >= 4 is 12.2 Å². The molecular weight excluding hydrogens is 416 g/mol. The van der Waals surface area contributed by atoms with Crippen LogP contribution in [0.2, 0.25) is 0 Å². The largest absolute Gasteiger partial charge is 0.444 e. The van der Waals surface area contributed by atoms with Crippen LogP contribution in [-0.2, 0) is 23.7 Å². The summed E-state index contributed by atoms with van der Waals surface area (Å²) >= 11 is 0. The van der Waals surface area contributed by atoms with Gasteiger partial charge in [0.25, 0.3) is 0 Å². The van der Waals surface area contributed by atoms with E-state index in [2.05, 4.69) is 5.32 Å². The first-order valence-corrected chi connectivity index (χ1v) is 11.8. The molecule has 1 heterocycles. The van der Waals surface area contributed by atoms with Crippen molar-refractivity contribution in [3.63, 3.8) is 0 Å². The topological polar surface area (TPSA) is 95.6 Å². The minimum atomic E-state index is -0.550. The molecule has 9 nitrogen and oxygen atoms in total. The number of ether oxygens (including phenoxy) is 5. The predicted molar refractivity (Wildman–Crippen MR) is 119 cm³/mol. The second kappa shape index (κ2) is 12.6. The maximum atomic E-state index is 12.4. The molecule has 1 saturated heterocycles. The molecule has 9 heteroatoms. The maximum absolute atomic E-state index is 12.4. The van der Waals surface area contributed by atoms with E-state index in [-0.39, 0.29) is 43.3 Å². The number of nitrogens with zero attached hydrogens (tertiary/aromatic N) is 1. The van der Waals surface area contributed by atoms with Crippen molar-refractivity contribution in [3.8, 4) is 0 Å². The Morgan fingerprint density at radius 3 is 2.59 bits per heavy atom. The number of nitrogens with one attached hydrogen (secondary N) is 1. The van der Waals surface area contributed by atoms with Crippen LogP contribution in [-0.4, -0.2) is 74.2 Å². The summed E-state index contributed by atoms with van der Waals surface area (Å²) in [5.41, 5.74) is -0.550. The lowest BCUT2D eigenvalue weighted by Gasteiger charge is -2.38. The molecule has 0 spiro atoms. The molecule has 5 atom stereocenters. The van der Waals surface area contributed by atoms with Gasteiger partial charge in [0.2, 0.25) is 0 Å². The third-order valence-electron chi connectivity index (χ3n) is 6.02. The van der Waals surface area contributed by atoms with Crippen LogP contribution in [0.25, 0.3) is 0 Å². The third kappa shape index (κ3) is 8.75. The Bertz CT molecular complexity index is 595. The molecule has 186 valence electrons.